The van der Waals surface area contributed by atoms with Gasteiger partial charge in [-0.05, 0) is 60.7 Å². The number of nitrogens with one attached hydrogen (secondary N) is 1. The van der Waals surface area contributed by atoms with Crippen molar-refractivity contribution >= 4 is 46.8 Å². The lowest BCUT2D eigenvalue weighted by Gasteiger charge is -2.26. The molecular formula is C23H26ClN3O3S. The Kier molecular flexibility index (Phi) is 7.62. The van der Waals surface area contributed by atoms with Gasteiger partial charge in [0, 0.05) is 16.1 Å². The molecule has 0 fully saturated rings. The van der Waals surface area contributed by atoms with Crippen LogP contribution in [0.2, 0.25) is 5.02 Å². The van der Waals surface area contributed by atoms with Gasteiger partial charge in [-0.2, -0.15) is 16.9 Å². The largest absolute Gasteiger partial charge is 0.465 e. The van der Waals surface area contributed by atoms with Crippen LogP contribution in [-0.2, 0) is 4.74 Å². The van der Waals surface area contributed by atoms with Gasteiger partial charge in [0.2, 0.25) is 0 Å². The normalized spacial score (nSPS) is 17.9. The Morgan fingerprint density at radius 3 is 2.68 bits per heavy atom. The number of thioether (sulfide) groups is 1. The second kappa shape index (κ2) is 10.2. The van der Waals surface area contributed by atoms with Crippen molar-refractivity contribution < 1.29 is 14.3 Å². The zero-order valence-electron chi connectivity index (χ0n) is 17.9. The van der Waals surface area contributed by atoms with Crippen LogP contribution in [0.15, 0.2) is 53.6 Å². The molecule has 1 atom stereocenters. The maximum absolute atomic E-state index is 13.0. The Hall–Kier alpha value is -2.51. The lowest BCUT2D eigenvalue weighted by molar-refractivity contribution is 0.0600. The minimum absolute atomic E-state index is 0.269. The first-order valence-electron chi connectivity index (χ1n) is 9.97. The second-order valence-corrected chi connectivity index (χ2v) is 9.09. The fourth-order valence-electron chi connectivity index (χ4n) is 3.65. The molecule has 1 aliphatic rings. The number of methoxy groups -OCH3 is 1. The molecule has 3 rings (SSSR count). The van der Waals surface area contributed by atoms with Gasteiger partial charge < -0.3 is 10.1 Å². The molecular weight excluding hydrogens is 434 g/mol. The van der Waals surface area contributed by atoms with Crippen LogP contribution in [0.25, 0.3) is 0 Å². The molecule has 2 amide bonds. The van der Waals surface area contributed by atoms with Crippen LogP contribution >= 0.6 is 23.4 Å². The van der Waals surface area contributed by atoms with E-state index in [1.807, 2.05) is 36.0 Å². The number of rotatable bonds is 7. The van der Waals surface area contributed by atoms with Crippen molar-refractivity contribution in [3.05, 3.63) is 64.7 Å². The van der Waals surface area contributed by atoms with E-state index in [1.54, 1.807) is 24.3 Å². The van der Waals surface area contributed by atoms with Gasteiger partial charge in [-0.15, -0.1) is 0 Å². The van der Waals surface area contributed by atoms with E-state index in [2.05, 4.69) is 23.6 Å². The third-order valence-electron chi connectivity index (χ3n) is 5.26. The number of esters is 1. The van der Waals surface area contributed by atoms with Crippen molar-refractivity contribution in [3.8, 4) is 0 Å². The SMILES string of the molecule is COC(=O)c1cccc(NC(=O)N2CC(C)(CCCSC)C(c3ccc(Cl)cc3)=N2)c1. The molecule has 31 heavy (non-hydrogen) atoms. The van der Waals surface area contributed by atoms with E-state index in [-0.39, 0.29) is 11.4 Å². The van der Waals surface area contributed by atoms with Crippen molar-refractivity contribution in [1.29, 1.82) is 0 Å². The van der Waals surface area contributed by atoms with Crippen LogP contribution in [0.5, 0.6) is 0 Å². The summed E-state index contributed by atoms with van der Waals surface area (Å²) in [5.41, 5.74) is 2.44. The predicted octanol–water partition coefficient (Wildman–Crippen LogP) is 5.53. The molecule has 0 saturated carbocycles. The molecule has 2 aromatic carbocycles. The van der Waals surface area contributed by atoms with Gasteiger partial charge in [0.05, 0.1) is 24.9 Å². The Bertz CT molecular complexity index is 980. The number of hydrogen-bond donors (Lipinski definition) is 1. The van der Waals surface area contributed by atoms with Gasteiger partial charge in [0.25, 0.3) is 0 Å². The summed E-state index contributed by atoms with van der Waals surface area (Å²) >= 11 is 7.87. The van der Waals surface area contributed by atoms with Gasteiger partial charge in [-0.25, -0.2) is 14.6 Å². The van der Waals surface area contributed by atoms with Crippen molar-refractivity contribution in [1.82, 2.24) is 5.01 Å². The van der Waals surface area contributed by atoms with Crippen LogP contribution in [0, 0.1) is 5.41 Å². The second-order valence-electron chi connectivity index (χ2n) is 7.67. The summed E-state index contributed by atoms with van der Waals surface area (Å²) in [5.74, 6) is 0.595. The highest BCUT2D eigenvalue weighted by molar-refractivity contribution is 7.98. The topological polar surface area (TPSA) is 71.0 Å². The summed E-state index contributed by atoms with van der Waals surface area (Å²) in [6.45, 7) is 2.62. The maximum Gasteiger partial charge on any atom is 0.342 e. The third kappa shape index (κ3) is 5.60. The zero-order valence-corrected chi connectivity index (χ0v) is 19.4. The van der Waals surface area contributed by atoms with Crippen molar-refractivity contribution in [3.63, 3.8) is 0 Å². The number of anilines is 1. The number of urea groups is 1. The van der Waals surface area contributed by atoms with E-state index in [9.17, 15) is 9.59 Å². The average molecular weight is 460 g/mol. The van der Waals surface area contributed by atoms with Crippen LogP contribution in [0.3, 0.4) is 0 Å². The van der Waals surface area contributed by atoms with E-state index in [4.69, 9.17) is 16.3 Å². The molecule has 1 aliphatic heterocycles. The number of hydrogen-bond acceptors (Lipinski definition) is 5. The summed E-state index contributed by atoms with van der Waals surface area (Å²) < 4.78 is 4.75. The summed E-state index contributed by atoms with van der Waals surface area (Å²) in [4.78, 5) is 24.7. The van der Waals surface area contributed by atoms with E-state index < -0.39 is 5.97 Å². The number of ether oxygens (including phenoxy) is 1. The highest BCUT2D eigenvalue weighted by atomic mass is 35.5. The smallest absolute Gasteiger partial charge is 0.342 e. The molecule has 164 valence electrons. The Labute approximate surface area is 192 Å². The molecule has 0 aromatic heterocycles. The fourth-order valence-corrected chi connectivity index (χ4v) is 4.21. The van der Waals surface area contributed by atoms with Gasteiger partial charge in [0.15, 0.2) is 0 Å². The highest BCUT2D eigenvalue weighted by Crippen LogP contribution is 2.36. The quantitative estimate of drug-likeness (QED) is 0.436. The van der Waals surface area contributed by atoms with Crippen molar-refractivity contribution in [2.75, 3.05) is 31.0 Å². The summed E-state index contributed by atoms with van der Waals surface area (Å²) in [6.07, 6.45) is 4.03. The van der Waals surface area contributed by atoms with Gasteiger partial charge in [0.1, 0.15) is 0 Å². The molecule has 0 bridgehead atoms. The van der Waals surface area contributed by atoms with Crippen molar-refractivity contribution in [2.24, 2.45) is 10.5 Å². The van der Waals surface area contributed by atoms with Crippen LogP contribution in [0.4, 0.5) is 10.5 Å². The number of hydrazone groups is 1. The molecule has 2 aromatic rings. The third-order valence-corrected chi connectivity index (χ3v) is 6.20. The zero-order chi connectivity index (χ0) is 22.4. The molecule has 1 heterocycles. The molecule has 1 N–H and O–H groups in total. The molecule has 0 aliphatic carbocycles. The Morgan fingerprint density at radius 2 is 2.00 bits per heavy atom. The molecule has 1 unspecified atom stereocenters. The van der Waals surface area contributed by atoms with Crippen LogP contribution in [-0.4, -0.2) is 48.4 Å². The number of amides is 2. The van der Waals surface area contributed by atoms with E-state index in [1.165, 1.54) is 12.1 Å². The Balaban J connectivity index is 1.82. The number of halogens is 1. The number of carbonyl (C=O) groups excluding carboxylic acids is 2. The standard InChI is InChI=1S/C23H26ClN3O3S/c1-23(12-5-13-31-3)15-27(26-20(23)16-8-10-18(24)11-9-16)22(29)25-19-7-4-6-17(14-19)21(28)30-2/h4,6-11,14H,5,12-13,15H2,1-3H3,(H,25,29). The first-order valence-corrected chi connectivity index (χ1v) is 11.7. The first kappa shape index (κ1) is 23.2. The molecule has 0 radical (unpaired) electrons. The summed E-state index contributed by atoms with van der Waals surface area (Å²) in [5, 5.41) is 9.65. The number of carbonyl (C=O) groups is 2. The van der Waals surface area contributed by atoms with Crippen LogP contribution < -0.4 is 5.32 Å². The number of benzene rings is 2. The van der Waals surface area contributed by atoms with Crippen LogP contribution in [0.1, 0.15) is 35.7 Å². The average Bonchev–Trinajstić information content (AvgIpc) is 3.12. The number of nitrogens with zero attached hydrogens (tertiary/aromatic N) is 2. The summed E-state index contributed by atoms with van der Waals surface area (Å²) in [6, 6.07) is 13.8. The van der Waals surface area contributed by atoms with E-state index >= 15 is 0 Å². The minimum Gasteiger partial charge on any atom is -0.465 e. The predicted molar refractivity (Wildman–Crippen MR) is 127 cm³/mol. The minimum atomic E-state index is -0.457. The lowest BCUT2D eigenvalue weighted by atomic mass is 9.78. The van der Waals surface area contributed by atoms with E-state index in [0.717, 1.165) is 29.9 Å². The lowest BCUT2D eigenvalue weighted by Crippen LogP contribution is -2.35. The van der Waals surface area contributed by atoms with E-state index in [0.29, 0.717) is 22.8 Å². The molecule has 0 spiro atoms. The first-order chi connectivity index (χ1) is 14.9. The van der Waals surface area contributed by atoms with Gasteiger partial charge >= 0.3 is 12.0 Å². The molecule has 6 nitrogen and oxygen atoms in total. The fraction of sp³-hybridized carbons (Fsp3) is 0.348. The monoisotopic (exact) mass is 459 g/mol. The maximum atomic E-state index is 13.0. The summed E-state index contributed by atoms with van der Waals surface area (Å²) in [7, 11) is 1.32. The highest BCUT2D eigenvalue weighted by Gasteiger charge is 2.40. The molecule has 8 heteroatoms. The molecule has 0 saturated heterocycles. The van der Waals surface area contributed by atoms with Gasteiger partial charge in [-0.1, -0.05) is 36.7 Å². The van der Waals surface area contributed by atoms with Gasteiger partial charge in [-0.3, -0.25) is 0 Å². The van der Waals surface area contributed by atoms with Crippen molar-refractivity contribution in [2.45, 2.75) is 19.8 Å². The Morgan fingerprint density at radius 1 is 1.26 bits per heavy atom.